The molecule has 1 heterocycles. The molecule has 6 heteroatoms. The third kappa shape index (κ3) is 4.44. The van der Waals surface area contributed by atoms with Crippen LogP contribution in [-0.2, 0) is 20.8 Å². The minimum absolute atomic E-state index is 0.243. The van der Waals surface area contributed by atoms with Crippen LogP contribution < -0.4 is 16.0 Å². The summed E-state index contributed by atoms with van der Waals surface area (Å²) in [4.78, 5) is 40.8. The first-order valence-corrected chi connectivity index (χ1v) is 11.5. The molecule has 1 unspecified atom stereocenters. The van der Waals surface area contributed by atoms with Gasteiger partial charge in [-0.2, -0.15) is 0 Å². The maximum Gasteiger partial charge on any atom is 0.256 e. The number of hydrogen-bond donors (Lipinski definition) is 2. The van der Waals surface area contributed by atoms with Gasteiger partial charge >= 0.3 is 0 Å². The van der Waals surface area contributed by atoms with E-state index < -0.39 is 17.9 Å². The lowest BCUT2D eigenvalue weighted by molar-refractivity contribution is -0.131. The minimum atomic E-state index is -0.878. The Morgan fingerprint density at radius 3 is 2.47 bits per heavy atom. The van der Waals surface area contributed by atoms with Crippen LogP contribution in [-0.4, -0.2) is 23.8 Å². The Morgan fingerprint density at radius 1 is 1.03 bits per heavy atom. The van der Waals surface area contributed by atoms with Crippen LogP contribution in [0.3, 0.4) is 0 Å². The van der Waals surface area contributed by atoms with Crippen LogP contribution in [0.2, 0.25) is 0 Å². The van der Waals surface area contributed by atoms with Crippen LogP contribution in [0.1, 0.15) is 42.9 Å². The smallest absolute Gasteiger partial charge is 0.256 e. The van der Waals surface area contributed by atoms with Crippen molar-refractivity contribution < 1.29 is 14.4 Å². The summed E-state index contributed by atoms with van der Waals surface area (Å²) in [5, 5.41) is 2.77. The van der Waals surface area contributed by atoms with Gasteiger partial charge in [0.15, 0.2) is 0 Å². The first-order valence-electron chi connectivity index (χ1n) is 11.5. The molecule has 6 nitrogen and oxygen atoms in total. The molecular weight excluding hydrogens is 426 g/mol. The van der Waals surface area contributed by atoms with Crippen LogP contribution in [0.15, 0.2) is 66.7 Å². The summed E-state index contributed by atoms with van der Waals surface area (Å²) in [6, 6.07) is 19.9. The molecule has 3 N–H and O–H groups in total. The summed E-state index contributed by atoms with van der Waals surface area (Å²) in [5.74, 6) is -1.62. The number of hydrogen-bond acceptors (Lipinski definition) is 4. The number of carbonyl (C=O) groups excluding carboxylic acids is 3. The SMILES string of the molecule is Cc1ccc(CCC(=O)N[C@@H](C)C(=O)N2C(=O)C(C)c3ccccc3-c3c(N)cccc32)cc1. The standard InChI is InChI=1S/C28H29N3O3/c1-17-11-13-20(14-12-17)15-16-25(32)30-19(3)28(34)31-24-10-6-9-23(29)26(24)22-8-5-4-7-21(22)18(2)27(31)33/h4-14,18-19H,15-16,29H2,1-3H3,(H,30,32)/t18?,19-/m0/s1. The predicted molar refractivity (Wildman–Crippen MR) is 134 cm³/mol. The lowest BCUT2D eigenvalue weighted by Gasteiger charge is -2.26. The van der Waals surface area contributed by atoms with Crippen molar-refractivity contribution in [2.75, 3.05) is 10.6 Å². The Balaban J connectivity index is 1.57. The normalized spacial score (nSPS) is 15.7. The van der Waals surface area contributed by atoms with E-state index in [9.17, 15) is 14.4 Å². The number of imide groups is 1. The van der Waals surface area contributed by atoms with Crippen molar-refractivity contribution in [1.82, 2.24) is 5.32 Å². The Bertz CT molecular complexity index is 1250. The van der Waals surface area contributed by atoms with Crippen molar-refractivity contribution in [3.05, 3.63) is 83.4 Å². The third-order valence-electron chi connectivity index (χ3n) is 6.33. The number of nitrogens with one attached hydrogen (secondary N) is 1. The second kappa shape index (κ2) is 9.51. The quantitative estimate of drug-likeness (QED) is 0.559. The molecule has 1 aliphatic rings. The number of carbonyl (C=O) groups is 3. The molecule has 3 amide bonds. The Kier molecular flexibility index (Phi) is 6.50. The van der Waals surface area contributed by atoms with Crippen molar-refractivity contribution in [2.45, 2.75) is 45.6 Å². The van der Waals surface area contributed by atoms with Crippen LogP contribution in [0.25, 0.3) is 11.1 Å². The first-order chi connectivity index (χ1) is 16.3. The van der Waals surface area contributed by atoms with Gasteiger partial charge in [0, 0.05) is 17.7 Å². The number of rotatable bonds is 5. The monoisotopic (exact) mass is 455 g/mol. The van der Waals surface area contributed by atoms with Crippen LogP contribution >= 0.6 is 0 Å². The summed E-state index contributed by atoms with van der Waals surface area (Å²) in [6.07, 6.45) is 0.821. The fourth-order valence-electron chi connectivity index (χ4n) is 4.39. The summed E-state index contributed by atoms with van der Waals surface area (Å²) >= 11 is 0. The second-order valence-corrected chi connectivity index (χ2v) is 8.84. The van der Waals surface area contributed by atoms with Crippen molar-refractivity contribution in [3.63, 3.8) is 0 Å². The molecule has 4 rings (SSSR count). The zero-order chi connectivity index (χ0) is 24.4. The highest BCUT2D eigenvalue weighted by molar-refractivity contribution is 6.22. The third-order valence-corrected chi connectivity index (χ3v) is 6.33. The summed E-state index contributed by atoms with van der Waals surface area (Å²) < 4.78 is 0. The number of nitrogens with zero attached hydrogens (tertiary/aromatic N) is 1. The largest absolute Gasteiger partial charge is 0.398 e. The van der Waals surface area contributed by atoms with Crippen LogP contribution in [0.5, 0.6) is 0 Å². The molecule has 3 aromatic rings. The summed E-state index contributed by atoms with van der Waals surface area (Å²) in [7, 11) is 0. The van der Waals surface area contributed by atoms with Crippen molar-refractivity contribution in [3.8, 4) is 11.1 Å². The van der Waals surface area contributed by atoms with Crippen molar-refractivity contribution >= 4 is 29.1 Å². The summed E-state index contributed by atoms with van der Waals surface area (Å²) in [5.41, 5.74) is 11.8. The molecule has 0 fully saturated rings. The van der Waals surface area contributed by atoms with Gasteiger partial charge in [-0.3, -0.25) is 14.4 Å². The fraction of sp³-hybridized carbons (Fsp3) is 0.250. The highest BCUT2D eigenvalue weighted by Crippen LogP contribution is 2.44. The van der Waals surface area contributed by atoms with Gasteiger partial charge in [0.2, 0.25) is 11.8 Å². The average molecular weight is 456 g/mol. The highest BCUT2D eigenvalue weighted by Gasteiger charge is 2.37. The minimum Gasteiger partial charge on any atom is -0.398 e. The average Bonchev–Trinajstić information content (AvgIpc) is 2.92. The van der Waals surface area contributed by atoms with Crippen molar-refractivity contribution in [1.29, 1.82) is 0 Å². The molecule has 0 radical (unpaired) electrons. The van der Waals surface area contributed by atoms with Gasteiger partial charge in [-0.1, -0.05) is 60.2 Å². The van der Waals surface area contributed by atoms with Gasteiger partial charge in [0.25, 0.3) is 5.91 Å². The first kappa shape index (κ1) is 23.2. The number of nitrogen functional groups attached to an aromatic ring is 1. The fourth-order valence-corrected chi connectivity index (χ4v) is 4.39. The van der Waals surface area contributed by atoms with Gasteiger partial charge < -0.3 is 11.1 Å². The number of amides is 3. The van der Waals surface area contributed by atoms with E-state index in [1.54, 1.807) is 32.0 Å². The maximum absolute atomic E-state index is 13.5. The molecule has 2 atom stereocenters. The zero-order valence-electron chi connectivity index (χ0n) is 19.7. The molecule has 0 bridgehead atoms. The number of aryl methyl sites for hydroxylation is 2. The Morgan fingerprint density at radius 2 is 1.74 bits per heavy atom. The molecule has 174 valence electrons. The Hall–Kier alpha value is -3.93. The van der Waals surface area contributed by atoms with Crippen LogP contribution in [0.4, 0.5) is 11.4 Å². The molecular formula is C28H29N3O3. The molecule has 0 saturated heterocycles. The predicted octanol–water partition coefficient (Wildman–Crippen LogP) is 4.36. The molecule has 0 aliphatic carbocycles. The van der Waals surface area contributed by atoms with Gasteiger partial charge in [0.1, 0.15) is 6.04 Å². The van der Waals surface area contributed by atoms with Gasteiger partial charge in [-0.15, -0.1) is 0 Å². The lowest BCUT2D eigenvalue weighted by atomic mass is 9.92. The molecule has 0 spiro atoms. The van der Waals surface area contributed by atoms with E-state index in [4.69, 9.17) is 5.73 Å². The van der Waals surface area contributed by atoms with Gasteiger partial charge in [0.05, 0.1) is 11.6 Å². The number of benzene rings is 3. The molecule has 3 aromatic carbocycles. The molecule has 1 aliphatic heterocycles. The number of fused-ring (bicyclic) bond motifs is 3. The van der Waals surface area contributed by atoms with Gasteiger partial charge in [-0.05, 0) is 56.0 Å². The van der Waals surface area contributed by atoms with E-state index in [0.29, 0.717) is 23.4 Å². The molecule has 0 aromatic heterocycles. The Labute approximate surface area is 199 Å². The second-order valence-electron chi connectivity index (χ2n) is 8.84. The zero-order valence-corrected chi connectivity index (χ0v) is 19.7. The van der Waals surface area contributed by atoms with E-state index in [1.807, 2.05) is 55.5 Å². The maximum atomic E-state index is 13.5. The highest BCUT2D eigenvalue weighted by atomic mass is 16.2. The topological polar surface area (TPSA) is 92.5 Å². The van der Waals surface area contributed by atoms with E-state index in [1.165, 1.54) is 4.90 Å². The van der Waals surface area contributed by atoms with E-state index in [0.717, 1.165) is 22.3 Å². The van der Waals surface area contributed by atoms with Crippen LogP contribution in [0, 0.1) is 6.92 Å². The van der Waals surface area contributed by atoms with E-state index in [2.05, 4.69) is 5.32 Å². The number of anilines is 2. The van der Waals surface area contributed by atoms with Gasteiger partial charge in [-0.25, -0.2) is 4.90 Å². The van der Waals surface area contributed by atoms with E-state index >= 15 is 0 Å². The summed E-state index contributed by atoms with van der Waals surface area (Å²) in [6.45, 7) is 5.40. The molecule has 0 saturated carbocycles. The van der Waals surface area contributed by atoms with E-state index in [-0.39, 0.29) is 18.2 Å². The number of nitrogens with two attached hydrogens (primary N) is 1. The molecule has 34 heavy (non-hydrogen) atoms. The van der Waals surface area contributed by atoms with Crippen molar-refractivity contribution in [2.24, 2.45) is 0 Å². The lowest BCUT2D eigenvalue weighted by Crippen LogP contribution is -2.50.